The quantitative estimate of drug-likeness (QED) is 0.367. The topological polar surface area (TPSA) is 113 Å². The molecule has 3 aromatic rings. The summed E-state index contributed by atoms with van der Waals surface area (Å²) in [6.45, 7) is 2.27. The first-order valence-electron chi connectivity index (χ1n) is 11.9. The zero-order valence-electron chi connectivity index (χ0n) is 20.5. The van der Waals surface area contributed by atoms with Crippen molar-refractivity contribution in [2.24, 2.45) is 5.92 Å². The van der Waals surface area contributed by atoms with Crippen LogP contribution in [0.15, 0.2) is 71.6 Å². The molecule has 4 rings (SSSR count). The lowest BCUT2D eigenvalue weighted by Crippen LogP contribution is -2.44. The molecule has 1 aliphatic heterocycles. The van der Waals surface area contributed by atoms with Crippen molar-refractivity contribution in [3.63, 3.8) is 0 Å². The monoisotopic (exact) mass is 595 g/mol. The van der Waals surface area contributed by atoms with E-state index in [1.807, 2.05) is 6.92 Å². The molecule has 0 saturated carbocycles. The first kappa shape index (κ1) is 28.4. The van der Waals surface area contributed by atoms with Crippen LogP contribution in [0.1, 0.15) is 24.0 Å². The maximum atomic E-state index is 13.0. The zero-order valence-corrected chi connectivity index (χ0v) is 23.7. The molecule has 0 aliphatic carbocycles. The van der Waals surface area contributed by atoms with Crippen LogP contribution in [0.25, 0.3) is 0 Å². The third kappa shape index (κ3) is 7.06. The molecule has 8 nitrogen and oxygen atoms in total. The molecule has 1 aliphatic rings. The van der Waals surface area contributed by atoms with Crippen molar-refractivity contribution in [3.05, 3.63) is 87.9 Å². The average molecular weight is 597 g/mol. The van der Waals surface area contributed by atoms with Crippen molar-refractivity contribution in [3.8, 4) is 0 Å². The lowest BCUT2D eigenvalue weighted by atomic mass is 9.99. The predicted molar refractivity (Wildman–Crippen MR) is 150 cm³/mol. The summed E-state index contributed by atoms with van der Waals surface area (Å²) in [6, 6.07) is 17.4. The van der Waals surface area contributed by atoms with Gasteiger partial charge < -0.3 is 5.32 Å². The van der Waals surface area contributed by atoms with Crippen molar-refractivity contribution in [2.75, 3.05) is 23.1 Å². The summed E-state index contributed by atoms with van der Waals surface area (Å²) in [5.41, 5.74) is 2.31. The van der Waals surface area contributed by atoms with E-state index in [1.165, 1.54) is 34.6 Å². The van der Waals surface area contributed by atoms with Crippen molar-refractivity contribution in [1.29, 1.82) is 0 Å². The van der Waals surface area contributed by atoms with E-state index in [2.05, 4.69) is 10.0 Å². The standard InChI is InChI=1S/C26H27Cl2N3O5S2/c1-18-4-8-23(9-5-18)30-38(35,36)24-12-10-22(11-13-24)29-26(32)19-3-2-14-31(16-19)37(33,34)17-20-6-7-21(27)15-25(20)28/h4-13,15,19,30H,2-3,14,16-17H2,1H3,(H,29,32)/t19-/m0/s1. The highest BCUT2D eigenvalue weighted by molar-refractivity contribution is 7.92. The lowest BCUT2D eigenvalue weighted by Gasteiger charge is -2.31. The van der Waals surface area contributed by atoms with Crippen LogP contribution in [0, 0.1) is 12.8 Å². The first-order chi connectivity index (χ1) is 17.9. The Morgan fingerprint density at radius 2 is 1.61 bits per heavy atom. The summed E-state index contributed by atoms with van der Waals surface area (Å²) in [6.07, 6.45) is 1.07. The number of sulfonamides is 2. The predicted octanol–water partition coefficient (Wildman–Crippen LogP) is 5.28. The van der Waals surface area contributed by atoms with Crippen LogP contribution in [0.4, 0.5) is 11.4 Å². The molecular formula is C26H27Cl2N3O5S2. The van der Waals surface area contributed by atoms with Gasteiger partial charge in [-0.25, -0.2) is 21.1 Å². The van der Waals surface area contributed by atoms with Gasteiger partial charge in [-0.1, -0.05) is 47.0 Å². The maximum absolute atomic E-state index is 13.0. The highest BCUT2D eigenvalue weighted by atomic mass is 35.5. The Hall–Kier alpha value is -2.63. The van der Waals surface area contributed by atoms with Crippen LogP contribution in [-0.2, 0) is 30.6 Å². The van der Waals surface area contributed by atoms with Gasteiger partial charge in [0, 0.05) is 34.5 Å². The number of carbonyl (C=O) groups excluding carboxylic acids is 1. The van der Waals surface area contributed by atoms with E-state index >= 15 is 0 Å². The molecule has 1 atom stereocenters. The molecule has 1 heterocycles. The minimum absolute atomic E-state index is 0.0479. The van der Waals surface area contributed by atoms with E-state index in [9.17, 15) is 21.6 Å². The Morgan fingerprint density at radius 3 is 2.26 bits per heavy atom. The van der Waals surface area contributed by atoms with Gasteiger partial charge in [-0.05, 0) is 73.9 Å². The largest absolute Gasteiger partial charge is 0.326 e. The van der Waals surface area contributed by atoms with Crippen LogP contribution >= 0.6 is 23.2 Å². The molecule has 202 valence electrons. The summed E-state index contributed by atoms with van der Waals surface area (Å²) in [5.74, 6) is -1.17. The molecule has 1 saturated heterocycles. The Balaban J connectivity index is 1.38. The summed E-state index contributed by atoms with van der Waals surface area (Å²) < 4.78 is 55.3. The molecular weight excluding hydrogens is 569 g/mol. The van der Waals surface area contributed by atoms with Crippen LogP contribution < -0.4 is 10.0 Å². The number of anilines is 2. The number of amides is 1. The van der Waals surface area contributed by atoms with Crippen LogP contribution in [-0.4, -0.2) is 40.1 Å². The van der Waals surface area contributed by atoms with Crippen molar-refractivity contribution in [1.82, 2.24) is 4.31 Å². The Bertz CT molecular complexity index is 1530. The number of hydrogen-bond acceptors (Lipinski definition) is 5. The summed E-state index contributed by atoms with van der Waals surface area (Å²) in [5, 5.41) is 3.46. The minimum atomic E-state index is -3.80. The fourth-order valence-corrected chi connectivity index (χ4v) is 7.39. The maximum Gasteiger partial charge on any atom is 0.261 e. The summed E-state index contributed by atoms with van der Waals surface area (Å²) in [4.78, 5) is 13.0. The second-order valence-electron chi connectivity index (χ2n) is 9.17. The normalized spacial score (nSPS) is 16.7. The smallest absolute Gasteiger partial charge is 0.261 e. The molecule has 0 bridgehead atoms. The minimum Gasteiger partial charge on any atom is -0.326 e. The van der Waals surface area contributed by atoms with Crippen molar-refractivity contribution < 1.29 is 21.6 Å². The molecule has 2 N–H and O–H groups in total. The molecule has 0 unspecified atom stereocenters. The highest BCUT2D eigenvalue weighted by Crippen LogP contribution is 2.27. The van der Waals surface area contributed by atoms with Gasteiger partial charge in [-0.2, -0.15) is 0 Å². The van der Waals surface area contributed by atoms with E-state index < -0.39 is 26.0 Å². The molecule has 38 heavy (non-hydrogen) atoms. The van der Waals surface area contributed by atoms with Crippen LogP contribution in [0.5, 0.6) is 0 Å². The fraction of sp³-hybridized carbons (Fsp3) is 0.269. The highest BCUT2D eigenvalue weighted by Gasteiger charge is 2.33. The van der Waals surface area contributed by atoms with Crippen molar-refractivity contribution in [2.45, 2.75) is 30.4 Å². The fourth-order valence-electron chi connectivity index (χ4n) is 4.13. The number of rotatable bonds is 8. The number of halogens is 2. The van der Waals surface area contributed by atoms with Gasteiger partial charge in [0.1, 0.15) is 0 Å². The van der Waals surface area contributed by atoms with Gasteiger partial charge in [0.05, 0.1) is 16.6 Å². The van der Waals surface area contributed by atoms with E-state index in [0.717, 1.165) is 5.56 Å². The second kappa shape index (κ2) is 11.6. The van der Waals surface area contributed by atoms with Crippen molar-refractivity contribution >= 4 is 60.5 Å². The van der Waals surface area contributed by atoms with Gasteiger partial charge >= 0.3 is 0 Å². The number of nitrogens with zero attached hydrogens (tertiary/aromatic N) is 1. The Labute approximate surface area is 233 Å². The SMILES string of the molecule is Cc1ccc(NS(=O)(=O)c2ccc(NC(=O)[C@H]3CCCN(S(=O)(=O)Cc4ccc(Cl)cc4Cl)C3)cc2)cc1. The average Bonchev–Trinajstić information content (AvgIpc) is 2.87. The van der Waals surface area contributed by atoms with E-state index in [1.54, 1.807) is 36.4 Å². The van der Waals surface area contributed by atoms with Crippen LogP contribution in [0.3, 0.4) is 0 Å². The molecule has 1 fully saturated rings. The molecule has 0 radical (unpaired) electrons. The number of carbonyl (C=O) groups is 1. The number of hydrogen-bond donors (Lipinski definition) is 2. The number of nitrogens with one attached hydrogen (secondary N) is 2. The number of piperidine rings is 1. The second-order valence-corrected chi connectivity index (χ2v) is 13.7. The number of aryl methyl sites for hydroxylation is 1. The summed E-state index contributed by atoms with van der Waals surface area (Å²) >= 11 is 12.1. The number of benzene rings is 3. The molecule has 1 amide bonds. The molecule has 3 aromatic carbocycles. The Morgan fingerprint density at radius 1 is 0.947 bits per heavy atom. The van der Waals surface area contributed by atoms with Gasteiger partial charge in [0.25, 0.3) is 10.0 Å². The molecule has 0 spiro atoms. The first-order valence-corrected chi connectivity index (χ1v) is 15.7. The van der Waals surface area contributed by atoms with Gasteiger partial charge in [0.2, 0.25) is 15.9 Å². The molecule has 0 aromatic heterocycles. The van der Waals surface area contributed by atoms with E-state index in [4.69, 9.17) is 23.2 Å². The Kier molecular flexibility index (Phi) is 8.68. The molecule has 12 heteroatoms. The van der Waals surface area contributed by atoms with E-state index in [0.29, 0.717) is 41.3 Å². The van der Waals surface area contributed by atoms with Crippen LogP contribution in [0.2, 0.25) is 10.0 Å². The van der Waals surface area contributed by atoms with Gasteiger partial charge in [-0.3, -0.25) is 9.52 Å². The van der Waals surface area contributed by atoms with Gasteiger partial charge in [-0.15, -0.1) is 0 Å². The summed E-state index contributed by atoms with van der Waals surface area (Å²) in [7, 11) is -7.51. The zero-order chi connectivity index (χ0) is 27.5. The lowest BCUT2D eigenvalue weighted by molar-refractivity contribution is -0.120. The third-order valence-electron chi connectivity index (χ3n) is 6.24. The third-order valence-corrected chi connectivity index (χ3v) is 10.0. The van der Waals surface area contributed by atoms with Gasteiger partial charge in [0.15, 0.2) is 0 Å². The van der Waals surface area contributed by atoms with E-state index in [-0.39, 0.29) is 28.1 Å².